The number of thiophene rings is 1. The van der Waals surface area contributed by atoms with Crippen LogP contribution in [-0.2, 0) is 20.1 Å². The molecule has 172 valence electrons. The molecule has 7 nitrogen and oxygen atoms in total. The molecule has 0 atom stereocenters. The summed E-state index contributed by atoms with van der Waals surface area (Å²) in [6.07, 6.45) is 1.92. The molecule has 1 saturated heterocycles. The predicted molar refractivity (Wildman–Crippen MR) is 138 cm³/mol. The molecular formula is C22H29FIN7S. The number of aliphatic imine (C=N–C) groups is 1. The fourth-order valence-corrected chi connectivity index (χ4v) is 4.27. The van der Waals surface area contributed by atoms with Crippen molar-refractivity contribution < 1.29 is 4.39 Å². The van der Waals surface area contributed by atoms with Gasteiger partial charge in [0.25, 0.3) is 0 Å². The molecule has 1 aromatic carbocycles. The van der Waals surface area contributed by atoms with Gasteiger partial charge in [0.05, 0.1) is 6.54 Å². The molecule has 0 spiro atoms. The van der Waals surface area contributed by atoms with Crippen LogP contribution < -0.4 is 15.5 Å². The quantitative estimate of drug-likeness (QED) is 0.268. The zero-order chi connectivity index (χ0) is 21.6. The maximum atomic E-state index is 13.6. The normalized spacial score (nSPS) is 14.8. The average Bonchev–Trinajstić information content (AvgIpc) is 3.41. The van der Waals surface area contributed by atoms with E-state index in [4.69, 9.17) is 4.99 Å². The summed E-state index contributed by atoms with van der Waals surface area (Å²) < 4.78 is 15.5. The van der Waals surface area contributed by atoms with E-state index in [0.717, 1.165) is 55.8 Å². The van der Waals surface area contributed by atoms with Crippen molar-refractivity contribution in [3.63, 3.8) is 0 Å². The van der Waals surface area contributed by atoms with Crippen molar-refractivity contribution >= 4 is 47.0 Å². The molecule has 3 aromatic rings. The summed E-state index contributed by atoms with van der Waals surface area (Å²) in [5, 5.41) is 17.4. The molecule has 0 bridgehead atoms. The summed E-state index contributed by atoms with van der Waals surface area (Å²) in [6.45, 7) is 4.87. The number of nitrogens with zero attached hydrogens (tertiary/aromatic N) is 5. The lowest BCUT2D eigenvalue weighted by Crippen LogP contribution is -2.48. The Morgan fingerprint density at radius 1 is 1.22 bits per heavy atom. The van der Waals surface area contributed by atoms with Crippen LogP contribution >= 0.6 is 35.3 Å². The first kappa shape index (κ1) is 24.4. The highest BCUT2D eigenvalue weighted by atomic mass is 127. The van der Waals surface area contributed by atoms with Gasteiger partial charge in [-0.2, -0.15) is 0 Å². The van der Waals surface area contributed by atoms with Gasteiger partial charge < -0.3 is 20.1 Å². The number of rotatable bonds is 6. The van der Waals surface area contributed by atoms with Crippen molar-refractivity contribution in [2.75, 3.05) is 18.0 Å². The Hall–Kier alpha value is -2.21. The van der Waals surface area contributed by atoms with E-state index in [2.05, 4.69) is 43.2 Å². The number of anilines is 1. The zero-order valence-corrected chi connectivity index (χ0v) is 21.4. The van der Waals surface area contributed by atoms with Crippen LogP contribution in [0.3, 0.4) is 0 Å². The average molecular weight is 569 g/mol. The number of nitrogens with one attached hydrogen (secondary N) is 2. The first-order valence-electron chi connectivity index (χ1n) is 10.5. The molecule has 10 heteroatoms. The molecule has 0 saturated carbocycles. The molecule has 0 amide bonds. The molecule has 0 unspecified atom stereocenters. The van der Waals surface area contributed by atoms with Gasteiger partial charge in [-0.25, -0.2) is 9.38 Å². The number of halogens is 2. The molecule has 1 fully saturated rings. The third kappa shape index (κ3) is 6.41. The van der Waals surface area contributed by atoms with E-state index < -0.39 is 0 Å². The van der Waals surface area contributed by atoms with Gasteiger partial charge in [0.2, 0.25) is 0 Å². The fourth-order valence-electron chi connectivity index (χ4n) is 3.62. The van der Waals surface area contributed by atoms with Crippen molar-refractivity contribution in [3.05, 3.63) is 64.1 Å². The molecule has 32 heavy (non-hydrogen) atoms. The zero-order valence-electron chi connectivity index (χ0n) is 18.3. The number of piperidine rings is 1. The van der Waals surface area contributed by atoms with Crippen LogP contribution in [0.2, 0.25) is 0 Å². The lowest BCUT2D eigenvalue weighted by molar-refractivity contribution is 0.460. The van der Waals surface area contributed by atoms with E-state index in [0.29, 0.717) is 12.6 Å². The Morgan fingerprint density at radius 3 is 2.69 bits per heavy atom. The van der Waals surface area contributed by atoms with Crippen LogP contribution in [0.15, 0.2) is 46.8 Å². The topological polar surface area (TPSA) is 70.4 Å². The molecule has 4 rings (SSSR count). The molecule has 0 radical (unpaired) electrons. The van der Waals surface area contributed by atoms with E-state index in [1.54, 1.807) is 23.5 Å². The van der Waals surface area contributed by atoms with Crippen molar-refractivity contribution in [2.45, 2.75) is 38.9 Å². The summed E-state index contributed by atoms with van der Waals surface area (Å²) in [6, 6.07) is 11.3. The van der Waals surface area contributed by atoms with E-state index in [-0.39, 0.29) is 29.8 Å². The van der Waals surface area contributed by atoms with E-state index >= 15 is 0 Å². The minimum Gasteiger partial charge on any atom is -0.371 e. The van der Waals surface area contributed by atoms with Gasteiger partial charge in [0, 0.05) is 36.7 Å². The smallest absolute Gasteiger partial charge is 0.192 e. The van der Waals surface area contributed by atoms with Crippen LogP contribution in [0.1, 0.15) is 29.4 Å². The highest BCUT2D eigenvalue weighted by molar-refractivity contribution is 14.0. The highest BCUT2D eigenvalue weighted by Gasteiger charge is 2.21. The van der Waals surface area contributed by atoms with Crippen LogP contribution in [0.25, 0.3) is 0 Å². The van der Waals surface area contributed by atoms with Crippen LogP contribution in [0.4, 0.5) is 10.1 Å². The minimum atomic E-state index is -0.191. The molecular weight excluding hydrogens is 540 g/mol. The summed E-state index contributed by atoms with van der Waals surface area (Å²) in [7, 11) is 1.95. The second-order valence-electron chi connectivity index (χ2n) is 7.71. The predicted octanol–water partition coefficient (Wildman–Crippen LogP) is 3.85. The lowest BCUT2D eigenvalue weighted by Gasteiger charge is -2.34. The third-order valence-corrected chi connectivity index (χ3v) is 6.46. The Balaban J connectivity index is 0.00000289. The highest BCUT2D eigenvalue weighted by Crippen LogP contribution is 2.20. The second-order valence-corrected chi connectivity index (χ2v) is 8.74. The Labute approximate surface area is 209 Å². The van der Waals surface area contributed by atoms with Crippen LogP contribution in [-0.4, -0.2) is 39.9 Å². The maximum Gasteiger partial charge on any atom is 0.192 e. The lowest BCUT2D eigenvalue weighted by atomic mass is 10.0. The molecule has 2 N–H and O–H groups in total. The van der Waals surface area contributed by atoms with Gasteiger partial charge in [0.15, 0.2) is 11.8 Å². The van der Waals surface area contributed by atoms with Gasteiger partial charge in [-0.05, 0) is 49.4 Å². The van der Waals surface area contributed by atoms with Crippen LogP contribution in [0.5, 0.6) is 0 Å². The number of aromatic nitrogens is 3. The third-order valence-electron chi connectivity index (χ3n) is 5.58. The summed E-state index contributed by atoms with van der Waals surface area (Å²) >= 11 is 1.72. The first-order chi connectivity index (χ1) is 15.1. The van der Waals surface area contributed by atoms with Gasteiger partial charge in [0.1, 0.15) is 18.2 Å². The van der Waals surface area contributed by atoms with E-state index in [9.17, 15) is 4.39 Å². The van der Waals surface area contributed by atoms with Gasteiger partial charge in [-0.3, -0.25) is 0 Å². The molecule has 3 heterocycles. The molecule has 0 aliphatic carbocycles. The second kappa shape index (κ2) is 11.6. The Morgan fingerprint density at radius 2 is 2.03 bits per heavy atom. The van der Waals surface area contributed by atoms with Gasteiger partial charge in [-0.1, -0.05) is 12.1 Å². The number of hydrogen-bond acceptors (Lipinski definition) is 5. The molecule has 2 aromatic heterocycles. The number of hydrogen-bond donors (Lipinski definition) is 2. The largest absolute Gasteiger partial charge is 0.371 e. The van der Waals surface area contributed by atoms with Gasteiger partial charge >= 0.3 is 0 Å². The summed E-state index contributed by atoms with van der Waals surface area (Å²) in [4.78, 5) is 8.25. The van der Waals surface area contributed by atoms with Crippen molar-refractivity contribution in [1.29, 1.82) is 0 Å². The van der Waals surface area contributed by atoms with E-state index in [1.807, 2.05) is 24.6 Å². The Bertz CT molecular complexity index is 1010. The monoisotopic (exact) mass is 569 g/mol. The molecule has 1 aliphatic rings. The van der Waals surface area contributed by atoms with Gasteiger partial charge in [-0.15, -0.1) is 45.5 Å². The maximum absolute atomic E-state index is 13.6. The summed E-state index contributed by atoms with van der Waals surface area (Å²) in [5.41, 5.74) is 0.945. The summed E-state index contributed by atoms with van der Waals surface area (Å²) in [5.74, 6) is 2.29. The SMILES string of the molecule is Cc1nnc(CN=C(NCc2cccs2)NC2CCN(c3cccc(F)c3)CC2)n1C.I. The number of aryl methyl sites for hydroxylation is 1. The number of guanidine groups is 1. The fraction of sp³-hybridized carbons (Fsp3) is 0.409. The van der Waals surface area contributed by atoms with Crippen molar-refractivity contribution in [1.82, 2.24) is 25.4 Å². The van der Waals surface area contributed by atoms with Crippen molar-refractivity contribution in [3.8, 4) is 0 Å². The molecule has 1 aliphatic heterocycles. The first-order valence-corrected chi connectivity index (χ1v) is 11.4. The van der Waals surface area contributed by atoms with E-state index in [1.165, 1.54) is 10.9 Å². The Kier molecular flexibility index (Phi) is 8.85. The minimum absolute atomic E-state index is 0. The number of benzene rings is 1. The van der Waals surface area contributed by atoms with Crippen molar-refractivity contribution in [2.24, 2.45) is 12.0 Å². The van der Waals surface area contributed by atoms with Crippen LogP contribution in [0, 0.1) is 12.7 Å². The standard InChI is InChI=1S/C22H28FN7S.HI/c1-16-27-28-21(29(16)2)15-25-22(24-14-20-7-4-12-31-20)26-18-8-10-30(11-9-18)19-6-3-5-17(23)13-19;/h3-7,12-13,18H,8-11,14-15H2,1-2H3,(H2,24,25,26);1H.